The number of carbonyl (C=O) groups is 2. The molecule has 0 unspecified atom stereocenters. The minimum atomic E-state index is -0.831. The highest BCUT2D eigenvalue weighted by Crippen LogP contribution is 2.13. The van der Waals surface area contributed by atoms with Crippen LogP contribution in [0.2, 0.25) is 0 Å². The number of anilines is 2. The largest absolute Gasteiger partial charge is 0.454 e. The Morgan fingerprint density at radius 3 is 2.19 bits per heavy atom. The number of hydrogen-bond acceptors (Lipinski definition) is 7. The first-order chi connectivity index (χ1) is 12.1. The average Bonchev–Trinajstić information content (AvgIpc) is 2.63. The summed E-state index contributed by atoms with van der Waals surface area (Å²) in [5.41, 5.74) is 5.00. The van der Waals surface area contributed by atoms with Crippen LogP contribution in [-0.2, 0) is 18.8 Å². The van der Waals surface area contributed by atoms with E-state index in [2.05, 4.69) is 0 Å². The van der Waals surface area contributed by atoms with Gasteiger partial charge in [0.1, 0.15) is 11.4 Å². The topological polar surface area (TPSA) is 117 Å². The van der Waals surface area contributed by atoms with Gasteiger partial charge in [0.25, 0.3) is 5.56 Å². The van der Waals surface area contributed by atoms with Crippen LogP contribution in [0.5, 0.6) is 0 Å². The van der Waals surface area contributed by atoms with Crippen LogP contribution in [0.25, 0.3) is 0 Å². The van der Waals surface area contributed by atoms with Gasteiger partial charge < -0.3 is 15.4 Å². The Morgan fingerprint density at radius 1 is 1.08 bits per heavy atom. The number of esters is 1. The molecule has 26 heavy (non-hydrogen) atoms. The third kappa shape index (κ3) is 3.51. The number of Topliss-reactive ketones (excluding diaryl/α,β-unsaturated/α-hetero) is 1. The summed E-state index contributed by atoms with van der Waals surface area (Å²) < 4.78 is 6.72. The lowest BCUT2D eigenvalue weighted by Gasteiger charge is -2.13. The summed E-state index contributed by atoms with van der Waals surface area (Å²) in [5.74, 6) is -1.75. The Balaban J connectivity index is 2.18. The normalized spacial score (nSPS) is 10.5. The second-order valence-corrected chi connectivity index (χ2v) is 5.91. The minimum Gasteiger partial charge on any atom is -0.454 e. The van der Waals surface area contributed by atoms with Crippen LogP contribution in [0.1, 0.15) is 20.7 Å². The minimum absolute atomic E-state index is 0.268. The third-order valence-corrected chi connectivity index (χ3v) is 3.94. The molecule has 1 aromatic carbocycles. The van der Waals surface area contributed by atoms with Gasteiger partial charge in [0.2, 0.25) is 5.78 Å². The van der Waals surface area contributed by atoms with E-state index in [1.54, 1.807) is 24.3 Å². The van der Waals surface area contributed by atoms with Crippen molar-refractivity contribution in [3.05, 3.63) is 56.2 Å². The number of nitrogens with two attached hydrogens (primary N) is 1. The summed E-state index contributed by atoms with van der Waals surface area (Å²) in [6, 6.07) is 6.61. The number of aromatic nitrogens is 2. The lowest BCUT2D eigenvalue weighted by molar-refractivity contribution is 0.0474. The Bertz CT molecular complexity index is 970. The van der Waals surface area contributed by atoms with Gasteiger partial charge in [0.15, 0.2) is 6.61 Å². The van der Waals surface area contributed by atoms with Crippen LogP contribution in [0, 0.1) is 0 Å². The zero-order chi connectivity index (χ0) is 19.6. The van der Waals surface area contributed by atoms with Crippen molar-refractivity contribution in [1.82, 2.24) is 9.13 Å². The van der Waals surface area contributed by atoms with Gasteiger partial charge >= 0.3 is 11.7 Å². The van der Waals surface area contributed by atoms with Crippen LogP contribution < -0.4 is 21.9 Å². The van der Waals surface area contributed by atoms with Crippen molar-refractivity contribution in [1.29, 1.82) is 0 Å². The highest BCUT2D eigenvalue weighted by molar-refractivity contribution is 6.02. The standard InChI is InChI=1S/C17H20N4O5/c1-19(2)11-7-5-10(6-8-11)16(24)26-9-12(22)13-14(18)20(3)17(25)21(4)15(13)23/h5-8H,9,18H2,1-4H3. The van der Waals surface area contributed by atoms with Crippen LogP contribution in [0.15, 0.2) is 33.9 Å². The van der Waals surface area contributed by atoms with Crippen molar-refractivity contribution in [2.45, 2.75) is 0 Å². The molecule has 0 atom stereocenters. The summed E-state index contributed by atoms with van der Waals surface area (Å²) in [6.45, 7) is -0.661. The van der Waals surface area contributed by atoms with E-state index < -0.39 is 29.6 Å². The Morgan fingerprint density at radius 2 is 1.65 bits per heavy atom. The van der Waals surface area contributed by atoms with Crippen molar-refractivity contribution in [2.75, 3.05) is 31.3 Å². The molecule has 0 radical (unpaired) electrons. The van der Waals surface area contributed by atoms with Gasteiger partial charge in [-0.15, -0.1) is 0 Å². The maximum atomic E-state index is 12.3. The molecule has 1 heterocycles. The molecule has 0 saturated heterocycles. The van der Waals surface area contributed by atoms with E-state index in [0.717, 1.165) is 14.8 Å². The second kappa shape index (κ2) is 7.26. The molecule has 2 N–H and O–H groups in total. The number of rotatable bonds is 5. The highest BCUT2D eigenvalue weighted by Gasteiger charge is 2.21. The molecule has 0 spiro atoms. The summed E-state index contributed by atoms with van der Waals surface area (Å²) in [5, 5.41) is 0. The van der Waals surface area contributed by atoms with Crippen molar-refractivity contribution in [3.8, 4) is 0 Å². The van der Waals surface area contributed by atoms with E-state index in [9.17, 15) is 19.2 Å². The van der Waals surface area contributed by atoms with Gasteiger partial charge in [-0.25, -0.2) is 9.59 Å². The maximum absolute atomic E-state index is 12.3. The molecule has 1 aromatic heterocycles. The van der Waals surface area contributed by atoms with Crippen LogP contribution in [-0.4, -0.2) is 41.6 Å². The zero-order valence-electron chi connectivity index (χ0n) is 15.0. The van der Waals surface area contributed by atoms with Gasteiger partial charge in [-0.2, -0.15) is 0 Å². The fourth-order valence-corrected chi connectivity index (χ4v) is 2.30. The van der Waals surface area contributed by atoms with E-state index in [0.29, 0.717) is 0 Å². The van der Waals surface area contributed by atoms with Crippen LogP contribution in [0.4, 0.5) is 11.5 Å². The van der Waals surface area contributed by atoms with E-state index in [4.69, 9.17) is 10.5 Å². The van der Waals surface area contributed by atoms with Gasteiger partial charge in [-0.05, 0) is 24.3 Å². The number of ketones is 1. The van der Waals surface area contributed by atoms with Gasteiger partial charge in [-0.3, -0.25) is 18.7 Å². The smallest absolute Gasteiger partial charge is 0.338 e. The predicted molar refractivity (Wildman–Crippen MR) is 96.7 cm³/mol. The number of nitrogen functional groups attached to an aromatic ring is 1. The molecule has 0 fully saturated rings. The molecule has 0 amide bonds. The molecular weight excluding hydrogens is 340 g/mol. The molecule has 0 aliphatic heterocycles. The first-order valence-electron chi connectivity index (χ1n) is 7.68. The number of hydrogen-bond donors (Lipinski definition) is 1. The fourth-order valence-electron chi connectivity index (χ4n) is 2.30. The van der Waals surface area contributed by atoms with E-state index in [1.165, 1.54) is 14.1 Å². The highest BCUT2D eigenvalue weighted by atomic mass is 16.5. The van der Waals surface area contributed by atoms with Crippen molar-refractivity contribution in [3.63, 3.8) is 0 Å². The molecule has 0 aliphatic rings. The molecule has 0 aliphatic carbocycles. The Hall–Kier alpha value is -3.36. The molecule has 0 bridgehead atoms. The summed E-state index contributed by atoms with van der Waals surface area (Å²) >= 11 is 0. The SMILES string of the molecule is CN(C)c1ccc(C(=O)OCC(=O)c2c(N)n(C)c(=O)n(C)c2=O)cc1. The Labute approximate surface area is 149 Å². The maximum Gasteiger partial charge on any atom is 0.338 e. The molecule has 9 nitrogen and oxygen atoms in total. The molecule has 138 valence electrons. The van der Waals surface area contributed by atoms with Gasteiger partial charge in [0.05, 0.1) is 5.56 Å². The summed E-state index contributed by atoms with van der Waals surface area (Å²) in [6.07, 6.45) is 0. The van der Waals surface area contributed by atoms with Crippen LogP contribution in [0.3, 0.4) is 0 Å². The van der Waals surface area contributed by atoms with E-state index in [1.807, 2.05) is 19.0 Å². The molecule has 0 saturated carbocycles. The van der Waals surface area contributed by atoms with Gasteiger partial charge in [-0.1, -0.05) is 0 Å². The van der Waals surface area contributed by atoms with Crippen molar-refractivity contribution >= 4 is 23.3 Å². The first-order valence-corrected chi connectivity index (χ1v) is 7.68. The number of nitrogens with zero attached hydrogens (tertiary/aromatic N) is 3. The zero-order valence-corrected chi connectivity index (χ0v) is 15.0. The third-order valence-electron chi connectivity index (χ3n) is 3.94. The Kier molecular flexibility index (Phi) is 5.30. The number of carbonyl (C=O) groups excluding carboxylic acids is 2. The lowest BCUT2D eigenvalue weighted by Crippen LogP contribution is -2.42. The van der Waals surface area contributed by atoms with E-state index in [-0.39, 0.29) is 16.9 Å². The van der Waals surface area contributed by atoms with Crippen LogP contribution >= 0.6 is 0 Å². The second-order valence-electron chi connectivity index (χ2n) is 5.91. The summed E-state index contributed by atoms with van der Waals surface area (Å²) in [4.78, 5) is 50.1. The van der Waals surface area contributed by atoms with Crippen molar-refractivity contribution < 1.29 is 14.3 Å². The average molecular weight is 360 g/mol. The van der Waals surface area contributed by atoms with E-state index >= 15 is 0 Å². The quantitative estimate of drug-likeness (QED) is 0.578. The predicted octanol–water partition coefficient (Wildman–Crippen LogP) is -0.228. The first kappa shape index (κ1) is 19.0. The fraction of sp³-hybridized carbons (Fsp3) is 0.294. The summed E-state index contributed by atoms with van der Waals surface area (Å²) in [7, 11) is 6.31. The molecule has 2 rings (SSSR count). The lowest BCUT2D eigenvalue weighted by atomic mass is 10.2. The van der Waals surface area contributed by atoms with Gasteiger partial charge in [0, 0.05) is 33.9 Å². The number of ether oxygens (including phenoxy) is 1. The monoisotopic (exact) mass is 360 g/mol. The molecule has 9 heteroatoms. The molecular formula is C17H20N4O5. The number of benzene rings is 1. The molecule has 2 aromatic rings. The van der Waals surface area contributed by atoms with Crippen molar-refractivity contribution in [2.24, 2.45) is 14.1 Å².